The molecule has 1 saturated heterocycles. The minimum absolute atomic E-state index is 0.00786. The second-order valence-corrected chi connectivity index (χ2v) is 4.65. The number of anilines is 1. The second-order valence-electron chi connectivity index (χ2n) is 4.24. The number of rotatable bonds is 4. The first-order valence-corrected chi connectivity index (χ1v) is 6.13. The SMILES string of the molecule is COC1CN(c2cccc(Cl)c2C=O)CC1OC. The van der Waals surface area contributed by atoms with Gasteiger partial charge < -0.3 is 14.4 Å². The highest BCUT2D eigenvalue weighted by Crippen LogP contribution is 2.29. The molecule has 4 nitrogen and oxygen atoms in total. The molecule has 1 heterocycles. The Bertz CT molecular complexity index is 426. The fourth-order valence-corrected chi connectivity index (χ4v) is 2.53. The number of methoxy groups -OCH3 is 2. The van der Waals surface area contributed by atoms with Crippen molar-refractivity contribution in [1.29, 1.82) is 0 Å². The molecule has 1 aromatic carbocycles. The molecule has 0 radical (unpaired) electrons. The minimum Gasteiger partial charge on any atom is -0.377 e. The van der Waals surface area contributed by atoms with Crippen molar-refractivity contribution in [3.05, 3.63) is 28.8 Å². The molecule has 0 saturated carbocycles. The summed E-state index contributed by atoms with van der Waals surface area (Å²) in [7, 11) is 3.33. The van der Waals surface area contributed by atoms with Gasteiger partial charge in [-0.05, 0) is 12.1 Å². The molecule has 5 heteroatoms. The van der Waals surface area contributed by atoms with Crippen LogP contribution < -0.4 is 4.90 Å². The van der Waals surface area contributed by atoms with E-state index in [0.717, 1.165) is 12.0 Å². The van der Waals surface area contributed by atoms with Crippen LogP contribution in [0.15, 0.2) is 18.2 Å². The summed E-state index contributed by atoms with van der Waals surface area (Å²) in [4.78, 5) is 13.2. The lowest BCUT2D eigenvalue weighted by molar-refractivity contribution is -0.00461. The Morgan fingerprint density at radius 2 is 1.89 bits per heavy atom. The van der Waals surface area contributed by atoms with Crippen LogP contribution in [0.1, 0.15) is 10.4 Å². The van der Waals surface area contributed by atoms with Gasteiger partial charge in [0, 0.05) is 33.0 Å². The van der Waals surface area contributed by atoms with E-state index in [9.17, 15) is 4.79 Å². The maximum absolute atomic E-state index is 11.1. The highest BCUT2D eigenvalue weighted by Gasteiger charge is 2.34. The second kappa shape index (κ2) is 5.69. The fourth-order valence-electron chi connectivity index (χ4n) is 2.31. The van der Waals surface area contributed by atoms with Gasteiger partial charge in [-0.2, -0.15) is 0 Å². The monoisotopic (exact) mass is 269 g/mol. The number of ether oxygens (including phenoxy) is 2. The first-order valence-electron chi connectivity index (χ1n) is 5.75. The lowest BCUT2D eigenvalue weighted by atomic mass is 10.2. The minimum atomic E-state index is 0.00786. The van der Waals surface area contributed by atoms with Crippen LogP contribution in [0.5, 0.6) is 0 Å². The van der Waals surface area contributed by atoms with Gasteiger partial charge >= 0.3 is 0 Å². The van der Waals surface area contributed by atoms with Crippen molar-refractivity contribution in [2.24, 2.45) is 0 Å². The van der Waals surface area contributed by atoms with Crippen LogP contribution in [0.3, 0.4) is 0 Å². The molecule has 0 aliphatic carbocycles. The highest BCUT2D eigenvalue weighted by atomic mass is 35.5. The molecule has 1 aliphatic heterocycles. The van der Waals surface area contributed by atoms with Crippen LogP contribution in [-0.2, 0) is 9.47 Å². The third kappa shape index (κ3) is 2.36. The summed E-state index contributed by atoms with van der Waals surface area (Å²) in [5, 5.41) is 0.470. The Balaban J connectivity index is 2.28. The summed E-state index contributed by atoms with van der Waals surface area (Å²) in [5.41, 5.74) is 1.35. The van der Waals surface area contributed by atoms with Crippen LogP contribution in [0.4, 0.5) is 5.69 Å². The van der Waals surface area contributed by atoms with Gasteiger partial charge in [0.15, 0.2) is 6.29 Å². The van der Waals surface area contributed by atoms with E-state index in [-0.39, 0.29) is 12.2 Å². The van der Waals surface area contributed by atoms with Crippen molar-refractivity contribution < 1.29 is 14.3 Å². The first-order chi connectivity index (χ1) is 8.71. The summed E-state index contributed by atoms with van der Waals surface area (Å²) < 4.78 is 10.8. The van der Waals surface area contributed by atoms with Gasteiger partial charge in [0.2, 0.25) is 0 Å². The maximum Gasteiger partial charge on any atom is 0.153 e. The number of hydrogen-bond donors (Lipinski definition) is 0. The molecule has 1 aromatic rings. The van der Waals surface area contributed by atoms with Crippen molar-refractivity contribution >= 4 is 23.6 Å². The maximum atomic E-state index is 11.1. The molecule has 98 valence electrons. The average Bonchev–Trinajstić information content (AvgIpc) is 2.81. The molecule has 1 fully saturated rings. The summed E-state index contributed by atoms with van der Waals surface area (Å²) in [5.74, 6) is 0. The van der Waals surface area contributed by atoms with Crippen molar-refractivity contribution in [2.45, 2.75) is 12.2 Å². The van der Waals surface area contributed by atoms with Crippen LogP contribution in [0, 0.1) is 0 Å². The smallest absolute Gasteiger partial charge is 0.153 e. The number of carbonyl (C=O) groups is 1. The number of aldehydes is 1. The Labute approximate surface area is 111 Å². The van der Waals surface area contributed by atoms with Crippen LogP contribution in [0.2, 0.25) is 5.02 Å². The zero-order valence-electron chi connectivity index (χ0n) is 10.4. The van der Waals surface area contributed by atoms with E-state index >= 15 is 0 Å². The molecule has 2 rings (SSSR count). The Hall–Kier alpha value is -1.10. The van der Waals surface area contributed by atoms with Crippen molar-refractivity contribution in [1.82, 2.24) is 0 Å². The van der Waals surface area contributed by atoms with Crippen LogP contribution in [0.25, 0.3) is 0 Å². The molecular formula is C13H16ClNO3. The Morgan fingerprint density at radius 1 is 1.28 bits per heavy atom. The van der Waals surface area contributed by atoms with Crippen molar-refractivity contribution in [2.75, 3.05) is 32.2 Å². The van der Waals surface area contributed by atoms with Gasteiger partial charge in [0.05, 0.1) is 10.6 Å². The number of benzene rings is 1. The van der Waals surface area contributed by atoms with Gasteiger partial charge in [-0.3, -0.25) is 4.79 Å². The van der Waals surface area contributed by atoms with E-state index in [2.05, 4.69) is 4.90 Å². The zero-order valence-corrected chi connectivity index (χ0v) is 11.2. The van der Waals surface area contributed by atoms with Crippen LogP contribution >= 0.6 is 11.6 Å². The largest absolute Gasteiger partial charge is 0.377 e. The topological polar surface area (TPSA) is 38.8 Å². The lowest BCUT2D eigenvalue weighted by Gasteiger charge is -2.20. The zero-order chi connectivity index (χ0) is 13.1. The van der Waals surface area contributed by atoms with E-state index < -0.39 is 0 Å². The lowest BCUT2D eigenvalue weighted by Crippen LogP contribution is -2.27. The van der Waals surface area contributed by atoms with E-state index in [0.29, 0.717) is 23.7 Å². The standard InChI is InChI=1S/C13H16ClNO3/c1-17-12-6-15(7-13(12)18-2)11-5-3-4-10(14)9(11)8-16/h3-5,8,12-13H,6-7H2,1-2H3. The third-order valence-electron chi connectivity index (χ3n) is 3.31. The molecule has 0 N–H and O–H groups in total. The van der Waals surface area contributed by atoms with Gasteiger partial charge in [-0.15, -0.1) is 0 Å². The third-order valence-corrected chi connectivity index (χ3v) is 3.64. The number of hydrogen-bond acceptors (Lipinski definition) is 4. The number of carbonyl (C=O) groups excluding carboxylic acids is 1. The van der Waals surface area contributed by atoms with E-state index in [4.69, 9.17) is 21.1 Å². The Kier molecular flexibility index (Phi) is 4.22. The summed E-state index contributed by atoms with van der Waals surface area (Å²) in [6.07, 6.45) is 0.807. The molecule has 2 atom stereocenters. The van der Waals surface area contributed by atoms with Gasteiger partial charge in [-0.1, -0.05) is 17.7 Å². The molecule has 0 bridgehead atoms. The summed E-state index contributed by atoms with van der Waals surface area (Å²) in [6, 6.07) is 5.44. The first kappa shape index (κ1) is 13.3. The van der Waals surface area contributed by atoms with E-state index in [1.807, 2.05) is 12.1 Å². The Morgan fingerprint density at radius 3 is 2.39 bits per heavy atom. The van der Waals surface area contributed by atoms with Crippen molar-refractivity contribution in [3.8, 4) is 0 Å². The van der Waals surface area contributed by atoms with E-state index in [1.54, 1.807) is 20.3 Å². The van der Waals surface area contributed by atoms with Gasteiger partial charge in [0.1, 0.15) is 12.2 Å². The predicted molar refractivity (Wildman–Crippen MR) is 70.6 cm³/mol. The molecule has 0 amide bonds. The number of halogens is 1. The van der Waals surface area contributed by atoms with E-state index in [1.165, 1.54) is 0 Å². The normalized spacial score (nSPS) is 23.4. The molecule has 18 heavy (non-hydrogen) atoms. The summed E-state index contributed by atoms with van der Waals surface area (Å²) >= 11 is 6.03. The molecule has 2 unspecified atom stereocenters. The van der Waals surface area contributed by atoms with Crippen LogP contribution in [-0.4, -0.2) is 45.8 Å². The number of nitrogens with zero attached hydrogens (tertiary/aromatic N) is 1. The predicted octanol–water partition coefficient (Wildman–Crippen LogP) is 2.00. The van der Waals surface area contributed by atoms with Gasteiger partial charge in [0.25, 0.3) is 0 Å². The highest BCUT2D eigenvalue weighted by molar-refractivity contribution is 6.33. The van der Waals surface area contributed by atoms with Crippen molar-refractivity contribution in [3.63, 3.8) is 0 Å². The summed E-state index contributed by atoms with van der Waals surface area (Å²) in [6.45, 7) is 1.38. The fraction of sp³-hybridized carbons (Fsp3) is 0.462. The van der Waals surface area contributed by atoms with Gasteiger partial charge in [-0.25, -0.2) is 0 Å². The molecule has 0 aromatic heterocycles. The average molecular weight is 270 g/mol. The quantitative estimate of drug-likeness (QED) is 0.784. The molecule has 1 aliphatic rings. The molecular weight excluding hydrogens is 254 g/mol. The molecule has 0 spiro atoms.